The van der Waals surface area contributed by atoms with Gasteiger partial charge in [-0.3, -0.25) is 0 Å². The predicted molar refractivity (Wildman–Crippen MR) is 75.2 cm³/mol. The Morgan fingerprint density at radius 2 is 2.11 bits per heavy atom. The summed E-state index contributed by atoms with van der Waals surface area (Å²) in [6.45, 7) is 0. The Bertz CT molecular complexity index is 752. The van der Waals surface area contributed by atoms with Crippen LogP contribution < -0.4 is 4.74 Å². The van der Waals surface area contributed by atoms with Gasteiger partial charge in [0.05, 0.1) is 22.9 Å². The Morgan fingerprint density at radius 1 is 1.21 bits per heavy atom. The van der Waals surface area contributed by atoms with Crippen molar-refractivity contribution in [3.05, 3.63) is 58.8 Å². The summed E-state index contributed by atoms with van der Waals surface area (Å²) in [4.78, 5) is 19.1. The molecule has 0 aliphatic carbocycles. The average Bonchev–Trinajstić information content (AvgIpc) is 2.86. The summed E-state index contributed by atoms with van der Waals surface area (Å²) in [7, 11) is 0. The maximum Gasteiger partial charge on any atom is 0.343 e. The third-order valence-electron chi connectivity index (χ3n) is 2.66. The molecule has 1 N–H and O–H groups in total. The molecule has 1 heterocycles. The molecule has 0 radical (unpaired) electrons. The van der Waals surface area contributed by atoms with Gasteiger partial charge in [-0.2, -0.15) is 0 Å². The van der Waals surface area contributed by atoms with Gasteiger partial charge in [0.2, 0.25) is 0 Å². The number of esters is 1. The van der Waals surface area contributed by atoms with E-state index in [2.05, 4.69) is 25.9 Å². The number of H-pyrrole nitrogens is 1. The number of imidazole rings is 1. The van der Waals surface area contributed by atoms with E-state index in [0.717, 1.165) is 15.5 Å². The SMILES string of the molecule is O=C(Oc1ccc2nc[nH]c2c1)c1cccc(Br)c1. The smallest absolute Gasteiger partial charge is 0.343 e. The molecule has 0 saturated carbocycles. The molecule has 0 atom stereocenters. The molecule has 0 unspecified atom stereocenters. The number of nitrogens with one attached hydrogen (secondary N) is 1. The number of benzene rings is 2. The average molecular weight is 317 g/mol. The van der Waals surface area contributed by atoms with Gasteiger partial charge in [0.15, 0.2) is 0 Å². The lowest BCUT2D eigenvalue weighted by atomic mass is 10.2. The van der Waals surface area contributed by atoms with E-state index in [4.69, 9.17) is 4.74 Å². The summed E-state index contributed by atoms with van der Waals surface area (Å²) in [6.07, 6.45) is 1.60. The van der Waals surface area contributed by atoms with E-state index in [-0.39, 0.29) is 5.97 Å². The Hall–Kier alpha value is -2.14. The standard InChI is InChI=1S/C14H9BrN2O2/c15-10-3-1-2-9(6-10)14(18)19-11-4-5-12-13(7-11)17-8-16-12/h1-8H,(H,16,17). The van der Waals surface area contributed by atoms with E-state index >= 15 is 0 Å². The van der Waals surface area contributed by atoms with Crippen LogP contribution in [-0.2, 0) is 0 Å². The van der Waals surface area contributed by atoms with Gasteiger partial charge in [-0.15, -0.1) is 0 Å². The van der Waals surface area contributed by atoms with Gasteiger partial charge in [-0.1, -0.05) is 22.0 Å². The highest BCUT2D eigenvalue weighted by Crippen LogP contribution is 2.19. The lowest BCUT2D eigenvalue weighted by molar-refractivity contribution is 0.0735. The number of hydrogen-bond donors (Lipinski definition) is 1. The highest BCUT2D eigenvalue weighted by molar-refractivity contribution is 9.10. The Balaban J connectivity index is 1.86. The van der Waals surface area contributed by atoms with E-state index in [1.165, 1.54) is 0 Å². The molecule has 0 saturated heterocycles. The Kier molecular flexibility index (Phi) is 3.05. The van der Waals surface area contributed by atoms with Crippen LogP contribution in [0.2, 0.25) is 0 Å². The maximum absolute atomic E-state index is 12.0. The first-order valence-corrected chi connectivity index (χ1v) is 6.42. The molecule has 94 valence electrons. The second-order valence-electron chi connectivity index (χ2n) is 3.98. The molecule has 19 heavy (non-hydrogen) atoms. The Labute approximate surface area is 117 Å². The summed E-state index contributed by atoms with van der Waals surface area (Å²) < 4.78 is 6.16. The third kappa shape index (κ3) is 2.51. The zero-order valence-electron chi connectivity index (χ0n) is 9.76. The summed E-state index contributed by atoms with van der Waals surface area (Å²) in [5.41, 5.74) is 2.17. The van der Waals surface area contributed by atoms with E-state index in [0.29, 0.717) is 11.3 Å². The zero-order valence-corrected chi connectivity index (χ0v) is 11.3. The van der Waals surface area contributed by atoms with Gasteiger partial charge in [-0.25, -0.2) is 9.78 Å². The molecular weight excluding hydrogens is 308 g/mol. The van der Waals surface area contributed by atoms with Crippen LogP contribution in [0.3, 0.4) is 0 Å². The second-order valence-corrected chi connectivity index (χ2v) is 4.90. The molecular formula is C14H9BrN2O2. The van der Waals surface area contributed by atoms with E-state index < -0.39 is 0 Å². The molecule has 0 fully saturated rings. The minimum atomic E-state index is -0.389. The van der Waals surface area contributed by atoms with Gasteiger partial charge >= 0.3 is 5.97 Å². The molecule has 0 bridgehead atoms. The number of hydrogen-bond acceptors (Lipinski definition) is 3. The van der Waals surface area contributed by atoms with Crippen LogP contribution in [-0.4, -0.2) is 15.9 Å². The number of fused-ring (bicyclic) bond motifs is 1. The fourth-order valence-corrected chi connectivity index (χ4v) is 2.16. The minimum absolute atomic E-state index is 0.389. The van der Waals surface area contributed by atoms with Crippen LogP contribution in [0.15, 0.2) is 53.3 Å². The molecule has 2 aromatic carbocycles. The van der Waals surface area contributed by atoms with Crippen LogP contribution >= 0.6 is 15.9 Å². The van der Waals surface area contributed by atoms with Crippen LogP contribution in [0.4, 0.5) is 0 Å². The summed E-state index contributed by atoms with van der Waals surface area (Å²) in [5.74, 6) is 0.0990. The first-order valence-electron chi connectivity index (χ1n) is 5.63. The molecule has 0 amide bonds. The fraction of sp³-hybridized carbons (Fsp3) is 0. The highest BCUT2D eigenvalue weighted by atomic mass is 79.9. The molecule has 1 aromatic heterocycles. The van der Waals surface area contributed by atoms with Gasteiger partial charge in [0.1, 0.15) is 5.75 Å². The second kappa shape index (κ2) is 4.85. The first kappa shape index (κ1) is 11.9. The number of halogens is 1. The van der Waals surface area contributed by atoms with Crippen LogP contribution in [0.5, 0.6) is 5.75 Å². The Morgan fingerprint density at radius 3 is 2.95 bits per heavy atom. The van der Waals surface area contributed by atoms with Crippen molar-refractivity contribution in [1.29, 1.82) is 0 Å². The third-order valence-corrected chi connectivity index (χ3v) is 3.16. The van der Waals surface area contributed by atoms with Gasteiger partial charge in [-0.05, 0) is 30.3 Å². The van der Waals surface area contributed by atoms with Crippen molar-refractivity contribution < 1.29 is 9.53 Å². The number of nitrogens with zero attached hydrogens (tertiary/aromatic N) is 1. The van der Waals surface area contributed by atoms with Crippen molar-refractivity contribution in [2.45, 2.75) is 0 Å². The van der Waals surface area contributed by atoms with Crippen molar-refractivity contribution in [2.75, 3.05) is 0 Å². The molecule has 3 rings (SSSR count). The van der Waals surface area contributed by atoms with Crippen LogP contribution in [0, 0.1) is 0 Å². The number of carbonyl (C=O) groups excluding carboxylic acids is 1. The molecule has 0 aliphatic rings. The van der Waals surface area contributed by atoms with E-state index in [9.17, 15) is 4.79 Å². The van der Waals surface area contributed by atoms with Crippen molar-refractivity contribution in [3.8, 4) is 5.75 Å². The van der Waals surface area contributed by atoms with E-state index in [1.807, 2.05) is 6.07 Å². The maximum atomic E-state index is 12.0. The largest absolute Gasteiger partial charge is 0.423 e. The number of aromatic nitrogens is 2. The van der Waals surface area contributed by atoms with Gasteiger partial charge in [0, 0.05) is 10.5 Å². The van der Waals surface area contributed by atoms with Crippen molar-refractivity contribution in [2.24, 2.45) is 0 Å². The fourth-order valence-electron chi connectivity index (χ4n) is 1.76. The number of aromatic amines is 1. The van der Waals surface area contributed by atoms with E-state index in [1.54, 1.807) is 42.7 Å². The monoisotopic (exact) mass is 316 g/mol. The van der Waals surface area contributed by atoms with Crippen molar-refractivity contribution in [3.63, 3.8) is 0 Å². The number of ether oxygens (including phenoxy) is 1. The first-order chi connectivity index (χ1) is 9.22. The van der Waals surface area contributed by atoms with Gasteiger partial charge in [0.25, 0.3) is 0 Å². The predicted octanol–water partition coefficient (Wildman–Crippen LogP) is 3.54. The zero-order chi connectivity index (χ0) is 13.2. The highest BCUT2D eigenvalue weighted by Gasteiger charge is 2.09. The molecule has 5 heteroatoms. The summed E-state index contributed by atoms with van der Waals surface area (Å²) in [5, 5.41) is 0. The van der Waals surface area contributed by atoms with Crippen molar-refractivity contribution in [1.82, 2.24) is 9.97 Å². The molecule has 3 aromatic rings. The molecule has 4 nitrogen and oxygen atoms in total. The minimum Gasteiger partial charge on any atom is -0.423 e. The van der Waals surface area contributed by atoms with Crippen molar-refractivity contribution >= 4 is 32.9 Å². The number of rotatable bonds is 2. The number of carbonyl (C=O) groups is 1. The normalized spacial score (nSPS) is 10.6. The molecule has 0 spiro atoms. The lowest BCUT2D eigenvalue weighted by Crippen LogP contribution is -2.08. The van der Waals surface area contributed by atoms with Crippen LogP contribution in [0.1, 0.15) is 10.4 Å². The van der Waals surface area contributed by atoms with Crippen LogP contribution in [0.25, 0.3) is 11.0 Å². The topological polar surface area (TPSA) is 55.0 Å². The quantitative estimate of drug-likeness (QED) is 0.581. The summed E-state index contributed by atoms with van der Waals surface area (Å²) >= 11 is 3.32. The lowest BCUT2D eigenvalue weighted by Gasteiger charge is -2.04. The van der Waals surface area contributed by atoms with Gasteiger partial charge < -0.3 is 9.72 Å². The molecule has 0 aliphatic heterocycles. The summed E-state index contributed by atoms with van der Waals surface area (Å²) in [6, 6.07) is 12.3.